The van der Waals surface area contributed by atoms with Gasteiger partial charge in [-0.1, -0.05) is 13.8 Å². The van der Waals surface area contributed by atoms with Crippen LogP contribution in [-0.4, -0.2) is 48.1 Å². The molecule has 192 valence electrons. The van der Waals surface area contributed by atoms with Gasteiger partial charge in [0.1, 0.15) is 0 Å². The van der Waals surface area contributed by atoms with Crippen LogP contribution in [0.15, 0.2) is 24.3 Å². The second-order valence-corrected chi connectivity index (χ2v) is 10.3. The second-order valence-electron chi connectivity index (χ2n) is 10.3. The van der Waals surface area contributed by atoms with Gasteiger partial charge in [-0.25, -0.2) is 14.6 Å². The first-order valence-corrected chi connectivity index (χ1v) is 12.3. The molecule has 5 fully saturated rings. The van der Waals surface area contributed by atoms with Crippen LogP contribution in [0.25, 0.3) is 0 Å². The number of nitro benzene ring substituents is 1. The average Bonchev–Trinajstić information content (AvgIpc) is 3.06. The third-order valence-electron chi connectivity index (χ3n) is 8.10. The SMILES string of the molecule is C[C@H]1[C@H](OCCNC(=O)Nc2ccc([N+](=O)[O-])cc2)O[C@@H]2O[C@@]3(C)CC[C@H]4[C@H](C)CC[C@@H]1[C@@]24OO3. The Bertz CT molecular complexity index is 961. The smallest absolute Gasteiger partial charge is 0.319 e. The second kappa shape index (κ2) is 9.29. The number of nitrogens with zero attached hydrogens (tertiary/aromatic N) is 1. The summed E-state index contributed by atoms with van der Waals surface area (Å²) in [7, 11) is 0. The van der Waals surface area contributed by atoms with E-state index in [2.05, 4.69) is 24.5 Å². The molecule has 11 heteroatoms. The Labute approximate surface area is 203 Å². The molecular formula is C24H33N3O8. The summed E-state index contributed by atoms with van der Waals surface area (Å²) in [6, 6.07) is 5.20. The van der Waals surface area contributed by atoms with Gasteiger partial charge < -0.3 is 24.8 Å². The Balaban J connectivity index is 1.16. The number of carbonyl (C=O) groups is 1. The third-order valence-corrected chi connectivity index (χ3v) is 8.10. The summed E-state index contributed by atoms with van der Waals surface area (Å²) in [5, 5.41) is 16.1. The fraction of sp³-hybridized carbons (Fsp3) is 0.708. The summed E-state index contributed by atoms with van der Waals surface area (Å²) in [6.45, 7) is 6.80. The molecule has 2 amide bonds. The summed E-state index contributed by atoms with van der Waals surface area (Å²) in [5.74, 6) is 0.190. The molecule has 4 aliphatic heterocycles. The molecule has 2 N–H and O–H groups in total. The number of hydrogen-bond donors (Lipinski definition) is 2. The Kier molecular flexibility index (Phi) is 6.47. The first-order chi connectivity index (χ1) is 16.7. The van der Waals surface area contributed by atoms with Gasteiger partial charge in [0, 0.05) is 42.6 Å². The van der Waals surface area contributed by atoms with E-state index >= 15 is 0 Å². The van der Waals surface area contributed by atoms with Gasteiger partial charge in [-0.05, 0) is 50.2 Å². The number of nitrogens with one attached hydrogen (secondary N) is 2. The molecule has 0 unspecified atom stereocenters. The Morgan fingerprint density at radius 2 is 1.94 bits per heavy atom. The van der Waals surface area contributed by atoms with Gasteiger partial charge in [0.2, 0.25) is 5.79 Å². The fourth-order valence-corrected chi connectivity index (χ4v) is 6.24. The van der Waals surface area contributed by atoms with Gasteiger partial charge in [-0.15, -0.1) is 0 Å². The lowest BCUT2D eigenvalue weighted by molar-refractivity contribution is -0.577. The van der Waals surface area contributed by atoms with E-state index in [9.17, 15) is 14.9 Å². The lowest BCUT2D eigenvalue weighted by Crippen LogP contribution is -2.70. The maximum absolute atomic E-state index is 12.2. The molecule has 35 heavy (non-hydrogen) atoms. The molecule has 1 aromatic carbocycles. The molecule has 6 rings (SSSR count). The molecule has 4 heterocycles. The first-order valence-electron chi connectivity index (χ1n) is 12.3. The van der Waals surface area contributed by atoms with Crippen LogP contribution in [0.2, 0.25) is 0 Å². The van der Waals surface area contributed by atoms with Crippen molar-refractivity contribution in [1.29, 1.82) is 0 Å². The maximum atomic E-state index is 12.2. The number of non-ortho nitro benzene ring substituents is 1. The summed E-state index contributed by atoms with van der Waals surface area (Å²) in [5.41, 5.74) is -0.209. The molecule has 0 radical (unpaired) electrons. The van der Waals surface area contributed by atoms with E-state index in [1.807, 2.05) is 6.92 Å². The number of rotatable bonds is 6. The van der Waals surface area contributed by atoms with Gasteiger partial charge >= 0.3 is 6.03 Å². The zero-order valence-corrected chi connectivity index (χ0v) is 20.2. The number of urea groups is 1. The van der Waals surface area contributed by atoms with Crippen molar-refractivity contribution in [2.75, 3.05) is 18.5 Å². The minimum absolute atomic E-state index is 0.0386. The van der Waals surface area contributed by atoms with Crippen LogP contribution in [0, 0.1) is 33.8 Å². The molecule has 5 aliphatic rings. The van der Waals surface area contributed by atoms with Gasteiger partial charge in [0.15, 0.2) is 18.2 Å². The topological polar surface area (TPSA) is 130 Å². The molecule has 1 aliphatic carbocycles. The van der Waals surface area contributed by atoms with Gasteiger partial charge in [0.25, 0.3) is 5.69 Å². The van der Waals surface area contributed by atoms with Crippen LogP contribution >= 0.6 is 0 Å². The minimum atomic E-state index is -0.833. The number of nitro groups is 1. The molecule has 1 aromatic rings. The largest absolute Gasteiger partial charge is 0.350 e. The van der Waals surface area contributed by atoms with Crippen molar-refractivity contribution in [3.63, 3.8) is 0 Å². The first kappa shape index (κ1) is 24.4. The summed E-state index contributed by atoms with van der Waals surface area (Å²) in [6.07, 6.45) is 2.77. The lowest BCUT2D eigenvalue weighted by Gasteiger charge is -2.60. The molecule has 4 saturated heterocycles. The fourth-order valence-electron chi connectivity index (χ4n) is 6.24. The molecule has 1 spiro atoms. The lowest BCUT2D eigenvalue weighted by atomic mass is 9.58. The molecular weight excluding hydrogens is 458 g/mol. The normalized spacial score (nSPS) is 39.9. The van der Waals surface area contributed by atoms with Crippen molar-refractivity contribution in [3.8, 4) is 0 Å². The maximum Gasteiger partial charge on any atom is 0.319 e. The summed E-state index contributed by atoms with van der Waals surface area (Å²) < 4.78 is 18.7. The molecule has 2 bridgehead atoms. The minimum Gasteiger partial charge on any atom is -0.350 e. The highest BCUT2D eigenvalue weighted by Gasteiger charge is 2.69. The van der Waals surface area contributed by atoms with E-state index < -0.39 is 34.9 Å². The Morgan fingerprint density at radius 3 is 2.69 bits per heavy atom. The number of fused-ring (bicyclic) bond motifs is 2. The molecule has 1 saturated carbocycles. The standard InChI is InChI=1S/C24H33N3O8/c1-14-4-9-19-15(2)20(32-21-24(19)18(14)10-11-23(3,33-21)34-35-24)31-13-12-25-22(28)26-16-5-7-17(8-6-16)27(29)30/h5-8,14-15,18-21H,4,9-13H2,1-3H3,(H2,25,26,28)/t14-,15-,18+,19+,20-,21-,23-,24-/m1/s1. The number of benzene rings is 1. The highest BCUT2D eigenvalue weighted by molar-refractivity contribution is 5.89. The van der Waals surface area contributed by atoms with Crippen LogP contribution in [0.1, 0.15) is 46.5 Å². The molecule has 8 atom stereocenters. The number of hydrogen-bond acceptors (Lipinski definition) is 8. The predicted octanol–water partition coefficient (Wildman–Crippen LogP) is 3.94. The van der Waals surface area contributed by atoms with Crippen LogP contribution in [0.5, 0.6) is 0 Å². The highest BCUT2D eigenvalue weighted by Crippen LogP contribution is 2.60. The van der Waals surface area contributed by atoms with Crippen LogP contribution in [0.4, 0.5) is 16.2 Å². The summed E-state index contributed by atoms with van der Waals surface area (Å²) >= 11 is 0. The number of anilines is 1. The van der Waals surface area contributed by atoms with Gasteiger partial charge in [-0.2, -0.15) is 0 Å². The van der Waals surface area contributed by atoms with E-state index in [0.29, 0.717) is 17.5 Å². The van der Waals surface area contributed by atoms with Crippen molar-refractivity contribution in [1.82, 2.24) is 5.32 Å². The quantitative estimate of drug-likeness (QED) is 0.265. The van der Waals surface area contributed by atoms with Crippen molar-refractivity contribution >= 4 is 17.4 Å². The van der Waals surface area contributed by atoms with Crippen molar-refractivity contribution in [3.05, 3.63) is 34.4 Å². The number of carbonyl (C=O) groups excluding carboxylic acids is 1. The van der Waals surface area contributed by atoms with Crippen molar-refractivity contribution in [2.24, 2.45) is 23.7 Å². The van der Waals surface area contributed by atoms with Crippen molar-refractivity contribution in [2.45, 2.75) is 70.4 Å². The van der Waals surface area contributed by atoms with E-state index in [1.54, 1.807) is 0 Å². The van der Waals surface area contributed by atoms with Crippen LogP contribution in [-0.2, 0) is 24.0 Å². The number of ether oxygens (including phenoxy) is 3. The Morgan fingerprint density at radius 1 is 1.17 bits per heavy atom. The van der Waals surface area contributed by atoms with E-state index in [4.69, 9.17) is 24.0 Å². The van der Waals surface area contributed by atoms with Gasteiger partial charge in [0.05, 0.1) is 11.5 Å². The predicted molar refractivity (Wildman–Crippen MR) is 123 cm³/mol. The zero-order chi connectivity index (χ0) is 24.8. The molecule has 0 aromatic heterocycles. The van der Waals surface area contributed by atoms with Crippen LogP contribution < -0.4 is 10.6 Å². The van der Waals surface area contributed by atoms with Crippen LogP contribution in [0.3, 0.4) is 0 Å². The van der Waals surface area contributed by atoms with E-state index in [0.717, 1.165) is 25.7 Å². The van der Waals surface area contributed by atoms with Gasteiger partial charge in [-0.3, -0.25) is 10.1 Å². The number of amides is 2. The summed E-state index contributed by atoms with van der Waals surface area (Å²) in [4.78, 5) is 34.4. The average molecular weight is 492 g/mol. The zero-order valence-electron chi connectivity index (χ0n) is 20.2. The monoisotopic (exact) mass is 491 g/mol. The third kappa shape index (κ3) is 4.40. The van der Waals surface area contributed by atoms with E-state index in [1.165, 1.54) is 24.3 Å². The highest BCUT2D eigenvalue weighted by atomic mass is 17.3. The van der Waals surface area contributed by atoms with E-state index in [-0.39, 0.29) is 30.7 Å². The Hall–Kier alpha value is -2.31. The molecule has 11 nitrogen and oxygen atoms in total. The van der Waals surface area contributed by atoms with Crippen molar-refractivity contribution < 1.29 is 33.7 Å².